The van der Waals surface area contributed by atoms with Crippen LogP contribution in [0.2, 0.25) is 0 Å². The number of primary amides is 1. The largest absolute Gasteiger partial charge is 0.415 e. The second kappa shape index (κ2) is 22.4. The molecule has 46 heavy (non-hydrogen) atoms. The molecule has 0 unspecified atom stereocenters. The smallest absolute Gasteiger partial charge is 0.410 e. The number of ketones is 1. The van der Waals surface area contributed by atoms with Crippen LogP contribution < -0.4 is 21.1 Å². The lowest BCUT2D eigenvalue weighted by Gasteiger charge is -2.31. The summed E-state index contributed by atoms with van der Waals surface area (Å²) < 4.78 is 5.56. The summed E-state index contributed by atoms with van der Waals surface area (Å²) in [6.07, 6.45) is 6.12. The molecule has 1 aliphatic rings. The number of unbranched alkanes of at least 4 members (excludes halogenated alkanes) is 4. The third-order valence-corrected chi connectivity index (χ3v) is 8.55. The number of benzene rings is 1. The highest BCUT2D eigenvalue weighted by atomic mass is 35.5. The molecule has 1 fully saturated rings. The topological polar surface area (TPSA) is 151 Å². The van der Waals surface area contributed by atoms with Crippen molar-refractivity contribution in [3.8, 4) is 5.75 Å². The molecule has 0 saturated carbocycles. The molecule has 2 rings (SSSR count). The summed E-state index contributed by atoms with van der Waals surface area (Å²) in [5.41, 5.74) is 6.00. The Morgan fingerprint density at radius 3 is 2.17 bits per heavy atom. The number of hydrogen-bond acceptors (Lipinski definition) is 7. The Morgan fingerprint density at radius 1 is 0.913 bits per heavy atom. The van der Waals surface area contributed by atoms with Gasteiger partial charge in [0.1, 0.15) is 5.75 Å². The minimum atomic E-state index is -0.786. The molecule has 1 aromatic rings. The van der Waals surface area contributed by atoms with E-state index in [0.717, 1.165) is 57.2 Å². The van der Waals surface area contributed by atoms with Gasteiger partial charge in [0.15, 0.2) is 5.78 Å². The molecule has 1 saturated heterocycles. The average molecular weight is 666 g/mol. The summed E-state index contributed by atoms with van der Waals surface area (Å²) in [7, 11) is 2.02. The Morgan fingerprint density at radius 2 is 1.57 bits per heavy atom. The molecule has 1 aromatic carbocycles. The zero-order chi connectivity index (χ0) is 33.2. The van der Waals surface area contributed by atoms with E-state index in [2.05, 4.69) is 22.5 Å². The lowest BCUT2D eigenvalue weighted by Crippen LogP contribution is -2.48. The number of carbonyl (C=O) groups is 5. The van der Waals surface area contributed by atoms with Crippen LogP contribution in [0.1, 0.15) is 90.5 Å². The van der Waals surface area contributed by atoms with Gasteiger partial charge >= 0.3 is 6.09 Å². The van der Waals surface area contributed by atoms with Crippen LogP contribution in [0.4, 0.5) is 4.79 Å². The molecule has 260 valence electrons. The summed E-state index contributed by atoms with van der Waals surface area (Å²) in [6, 6.07) is 6.21. The van der Waals surface area contributed by atoms with Gasteiger partial charge in [0.05, 0.1) is 6.04 Å². The van der Waals surface area contributed by atoms with Crippen molar-refractivity contribution in [2.24, 2.45) is 17.6 Å². The number of nitrogens with zero attached hydrogens (tertiary/aromatic N) is 2. The van der Waals surface area contributed by atoms with Crippen LogP contribution in [0.15, 0.2) is 24.3 Å². The third kappa shape index (κ3) is 15.4. The Kier molecular flexibility index (Phi) is 19.9. The molecular weight excluding hydrogens is 610 g/mol. The lowest BCUT2D eigenvalue weighted by molar-refractivity contribution is -0.133. The number of rotatable bonds is 20. The van der Waals surface area contributed by atoms with Gasteiger partial charge in [-0.15, -0.1) is 12.4 Å². The molecule has 4 amide bonds. The second-order valence-electron chi connectivity index (χ2n) is 12.3. The number of piperazine rings is 1. The van der Waals surface area contributed by atoms with Gasteiger partial charge in [0, 0.05) is 57.9 Å². The Hall–Kier alpha value is -3.18. The van der Waals surface area contributed by atoms with Crippen LogP contribution in [0, 0.1) is 11.8 Å². The Labute approximate surface area is 281 Å². The number of hydrogen-bond donors (Lipinski definition) is 3. The van der Waals surface area contributed by atoms with E-state index in [9.17, 15) is 24.0 Å². The van der Waals surface area contributed by atoms with E-state index in [-0.39, 0.29) is 60.8 Å². The van der Waals surface area contributed by atoms with Gasteiger partial charge < -0.3 is 30.9 Å². The van der Waals surface area contributed by atoms with Crippen molar-refractivity contribution in [1.82, 2.24) is 20.4 Å². The van der Waals surface area contributed by atoms with Crippen molar-refractivity contribution < 1.29 is 28.7 Å². The van der Waals surface area contributed by atoms with E-state index >= 15 is 0 Å². The average Bonchev–Trinajstić information content (AvgIpc) is 3.01. The van der Waals surface area contributed by atoms with Crippen molar-refractivity contribution in [2.45, 2.75) is 97.4 Å². The van der Waals surface area contributed by atoms with Crippen LogP contribution in [0.25, 0.3) is 0 Å². The number of amides is 4. The maximum atomic E-state index is 13.7. The van der Waals surface area contributed by atoms with Crippen molar-refractivity contribution in [2.75, 3.05) is 39.8 Å². The van der Waals surface area contributed by atoms with Crippen LogP contribution in [-0.2, 0) is 25.6 Å². The van der Waals surface area contributed by atoms with Crippen molar-refractivity contribution in [3.63, 3.8) is 0 Å². The Bertz CT molecular complexity index is 1090. The van der Waals surface area contributed by atoms with Gasteiger partial charge in [-0.25, -0.2) is 4.79 Å². The maximum Gasteiger partial charge on any atom is 0.415 e. The number of nitrogens with one attached hydrogen (secondary N) is 2. The van der Waals surface area contributed by atoms with Gasteiger partial charge in [-0.2, -0.15) is 0 Å². The first-order chi connectivity index (χ1) is 21.5. The molecule has 12 heteroatoms. The number of likely N-dealkylation sites (N-methyl/N-ethyl adjacent to an activating group) is 1. The number of halogens is 1. The summed E-state index contributed by atoms with van der Waals surface area (Å²) in [5.74, 6) is -1.01. The van der Waals surface area contributed by atoms with Crippen LogP contribution in [-0.4, -0.2) is 85.2 Å². The molecule has 0 radical (unpaired) electrons. The second-order valence-corrected chi connectivity index (χ2v) is 12.3. The summed E-state index contributed by atoms with van der Waals surface area (Å²) >= 11 is 0. The van der Waals surface area contributed by atoms with Crippen molar-refractivity contribution in [1.29, 1.82) is 0 Å². The fourth-order valence-corrected chi connectivity index (χ4v) is 5.27. The quantitative estimate of drug-likeness (QED) is 0.176. The standard InChI is InChI=1S/C34H55N5O6.ClH/c1-5-7-9-13-32(42)37-29(23-26-14-16-27(17-15-26)45-34(44)39-21-19-38(4)20-22-39)30(40)24-28(25(3)6-2)33(43)36-18-11-8-10-12-31(35)41;/h14-17,25,28-29H,5-13,18-24H2,1-4H3,(H2,35,41)(H,36,43)(H,37,42);1H/t25-,28-,29-;/m0./s1. The third-order valence-electron chi connectivity index (χ3n) is 8.55. The van der Waals surface area contributed by atoms with E-state index in [1.807, 2.05) is 20.9 Å². The van der Waals surface area contributed by atoms with E-state index in [4.69, 9.17) is 10.5 Å². The highest BCUT2D eigenvalue weighted by Crippen LogP contribution is 2.22. The van der Waals surface area contributed by atoms with E-state index in [1.54, 1.807) is 29.2 Å². The molecule has 11 nitrogen and oxygen atoms in total. The molecule has 3 atom stereocenters. The summed E-state index contributed by atoms with van der Waals surface area (Å²) in [5, 5.41) is 5.90. The monoisotopic (exact) mass is 665 g/mol. The zero-order valence-electron chi connectivity index (χ0n) is 28.2. The minimum absolute atomic E-state index is 0. The first kappa shape index (κ1) is 40.8. The predicted molar refractivity (Wildman–Crippen MR) is 182 cm³/mol. The molecule has 0 aromatic heterocycles. The van der Waals surface area contributed by atoms with Crippen LogP contribution in [0.5, 0.6) is 5.75 Å². The van der Waals surface area contributed by atoms with E-state index < -0.39 is 12.0 Å². The predicted octanol–water partition coefficient (Wildman–Crippen LogP) is 4.25. The first-order valence-corrected chi connectivity index (χ1v) is 16.7. The number of ether oxygens (including phenoxy) is 1. The van der Waals surface area contributed by atoms with Gasteiger partial charge in [-0.3, -0.25) is 19.2 Å². The molecule has 1 aliphatic heterocycles. The minimum Gasteiger partial charge on any atom is -0.410 e. The lowest BCUT2D eigenvalue weighted by atomic mass is 9.84. The highest BCUT2D eigenvalue weighted by molar-refractivity contribution is 5.92. The van der Waals surface area contributed by atoms with E-state index in [1.165, 1.54) is 0 Å². The van der Waals surface area contributed by atoms with Gasteiger partial charge in [0.25, 0.3) is 0 Å². The number of nitrogens with two attached hydrogens (primary N) is 1. The summed E-state index contributed by atoms with van der Waals surface area (Å²) in [6.45, 7) is 9.30. The normalized spacial score (nSPS) is 15.2. The molecule has 0 aliphatic carbocycles. The van der Waals surface area contributed by atoms with Crippen molar-refractivity contribution >= 4 is 42.0 Å². The number of carbonyl (C=O) groups excluding carboxylic acids is 5. The van der Waals surface area contributed by atoms with Gasteiger partial charge in [-0.05, 0) is 56.3 Å². The molecular formula is C34H56ClN5O6. The molecule has 0 bridgehead atoms. The van der Waals surface area contributed by atoms with Crippen LogP contribution >= 0.6 is 12.4 Å². The van der Waals surface area contributed by atoms with Gasteiger partial charge in [-0.1, -0.05) is 58.6 Å². The molecule has 1 heterocycles. The summed E-state index contributed by atoms with van der Waals surface area (Å²) in [4.78, 5) is 67.1. The molecule has 4 N–H and O–H groups in total. The SMILES string of the molecule is CCCCCC(=O)N[C@@H](Cc1ccc(OC(=O)N2CCN(C)CC2)cc1)C(=O)C[C@H](C(=O)NCCCCCC(N)=O)[C@@H](C)CC.Cl. The maximum absolute atomic E-state index is 13.7. The Balaban J connectivity index is 0.0000106. The van der Waals surface area contributed by atoms with Gasteiger partial charge in [0.2, 0.25) is 17.7 Å². The van der Waals surface area contributed by atoms with Crippen LogP contribution in [0.3, 0.4) is 0 Å². The fourth-order valence-electron chi connectivity index (χ4n) is 5.27. The van der Waals surface area contributed by atoms with E-state index in [0.29, 0.717) is 44.6 Å². The van der Waals surface area contributed by atoms with Crippen molar-refractivity contribution in [3.05, 3.63) is 29.8 Å². The first-order valence-electron chi connectivity index (χ1n) is 16.7. The highest BCUT2D eigenvalue weighted by Gasteiger charge is 2.31. The number of Topliss-reactive ketones (excluding diaryl/α,β-unsaturated/α-hetero) is 1. The fraction of sp³-hybridized carbons (Fsp3) is 0.676. The zero-order valence-corrected chi connectivity index (χ0v) is 29.0. The molecule has 0 spiro atoms.